The molecule has 0 aliphatic heterocycles. The van der Waals surface area contributed by atoms with Gasteiger partial charge in [-0.2, -0.15) is 13.2 Å². The van der Waals surface area contributed by atoms with Crippen LogP contribution in [0.2, 0.25) is 0 Å². The highest BCUT2D eigenvalue weighted by Gasteiger charge is 2.38. The first-order valence-electron chi connectivity index (χ1n) is 2.48. The quantitative estimate of drug-likeness (QED) is 0.397. The second kappa shape index (κ2) is 3.08. The molecule has 2 radical (unpaired) electrons. The van der Waals surface area contributed by atoms with Gasteiger partial charge in [0.1, 0.15) is 7.85 Å². The van der Waals surface area contributed by atoms with Gasteiger partial charge in [0.2, 0.25) is 6.17 Å². The summed E-state index contributed by atoms with van der Waals surface area (Å²) in [5, 5.41) is 0. The lowest BCUT2D eigenvalue weighted by molar-refractivity contribution is -0.166. The monoisotopic (exact) mass is 152 g/mol. The minimum absolute atomic E-state index is 0.176. The predicted octanol–water partition coefficient (Wildman–Crippen LogP) is 1.96. The van der Waals surface area contributed by atoms with Crippen molar-refractivity contribution in [1.29, 1.82) is 0 Å². The molecule has 56 valence electrons. The number of hydrogen-bond donors (Lipinski definition) is 0. The minimum atomic E-state index is -4.83. The molecule has 0 rings (SSSR count). The van der Waals surface area contributed by atoms with E-state index in [1.807, 2.05) is 0 Å². The average Bonchev–Trinajstić information content (AvgIpc) is 1.60. The van der Waals surface area contributed by atoms with Crippen molar-refractivity contribution in [2.45, 2.75) is 19.3 Å². The molecule has 0 nitrogen and oxygen atoms in total. The highest BCUT2D eigenvalue weighted by Crippen LogP contribution is 2.24. The third-order valence-corrected chi connectivity index (χ3v) is 0.722. The number of rotatable bonds is 1. The summed E-state index contributed by atoms with van der Waals surface area (Å²) < 4.78 is 45.9. The van der Waals surface area contributed by atoms with Crippen molar-refractivity contribution in [3.63, 3.8) is 0 Å². The normalized spacial score (nSPS) is 17.1. The van der Waals surface area contributed by atoms with Crippen LogP contribution >= 0.6 is 0 Å². The Labute approximate surface area is 57.3 Å². The molecule has 0 heterocycles. The van der Waals surface area contributed by atoms with Crippen LogP contribution < -0.4 is 0 Å². The van der Waals surface area contributed by atoms with E-state index >= 15 is 0 Å². The van der Waals surface area contributed by atoms with Crippen LogP contribution in [0.3, 0.4) is 0 Å². The molecule has 0 N–H and O–H groups in total. The maximum Gasteiger partial charge on any atom is 0.423 e. The van der Waals surface area contributed by atoms with E-state index in [2.05, 4.69) is 0 Å². The van der Waals surface area contributed by atoms with Gasteiger partial charge >= 0.3 is 6.18 Å². The Morgan fingerprint density at radius 3 is 2.00 bits per heavy atom. The van der Waals surface area contributed by atoms with Crippen molar-refractivity contribution in [2.24, 2.45) is 0 Å². The summed E-state index contributed by atoms with van der Waals surface area (Å²) in [6, 6.07) is 0. The van der Waals surface area contributed by atoms with Crippen molar-refractivity contribution in [3.8, 4) is 0 Å². The minimum Gasteiger partial charge on any atom is -0.233 e. The van der Waals surface area contributed by atoms with Crippen LogP contribution in [0.5, 0.6) is 0 Å². The van der Waals surface area contributed by atoms with Gasteiger partial charge in [-0.05, 0) is 0 Å². The van der Waals surface area contributed by atoms with Crippen LogP contribution in [-0.4, -0.2) is 20.2 Å². The Morgan fingerprint density at radius 2 is 1.90 bits per heavy atom. The molecule has 5 heteroatoms. The second-order valence-corrected chi connectivity index (χ2v) is 1.85. The molecule has 0 aliphatic rings. The molecular weight excluding hydrogens is 147 g/mol. The van der Waals surface area contributed by atoms with E-state index in [1.54, 1.807) is 0 Å². The molecule has 0 aromatic heterocycles. The first kappa shape index (κ1) is 9.52. The van der Waals surface area contributed by atoms with Gasteiger partial charge in [0.25, 0.3) is 0 Å². The Balaban J connectivity index is 4.11. The first-order chi connectivity index (χ1) is 4.34. The van der Waals surface area contributed by atoms with Crippen molar-refractivity contribution in [1.82, 2.24) is 0 Å². The molecule has 0 bridgehead atoms. The Morgan fingerprint density at radius 1 is 1.50 bits per heavy atom. The molecule has 1 atom stereocenters. The summed E-state index contributed by atoms with van der Waals surface area (Å²) >= 11 is 0. The van der Waals surface area contributed by atoms with Crippen LogP contribution in [0.25, 0.3) is 0 Å². The van der Waals surface area contributed by atoms with Crippen molar-refractivity contribution < 1.29 is 17.6 Å². The molecule has 0 aromatic carbocycles. The average molecular weight is 152 g/mol. The molecule has 0 spiro atoms. The molecule has 0 fully saturated rings. The van der Waals surface area contributed by atoms with E-state index in [4.69, 9.17) is 7.85 Å². The van der Waals surface area contributed by atoms with Crippen LogP contribution in [0.15, 0.2) is 11.5 Å². The number of hydrogen-bond acceptors (Lipinski definition) is 0. The summed E-state index contributed by atoms with van der Waals surface area (Å²) in [6.07, 6.45) is -7.46. The Kier molecular flexibility index (Phi) is 2.93. The standard InChI is InChI=1S/C5H5BF4/c1-3(6)2-4(7)5(8,9)10/h2,4H,1H3. The smallest absolute Gasteiger partial charge is 0.233 e. The number of halogens is 4. The topological polar surface area (TPSA) is 0 Å². The van der Waals surface area contributed by atoms with Gasteiger partial charge in [-0.15, -0.1) is 5.47 Å². The molecule has 0 aromatic rings. The summed E-state index contributed by atoms with van der Waals surface area (Å²) in [5.41, 5.74) is -0.176. The lowest BCUT2D eigenvalue weighted by Gasteiger charge is -2.07. The third kappa shape index (κ3) is 3.53. The molecule has 0 saturated heterocycles. The van der Waals surface area contributed by atoms with Crippen LogP contribution in [0, 0.1) is 0 Å². The molecule has 0 saturated carbocycles. The fourth-order valence-corrected chi connectivity index (χ4v) is 0.325. The lowest BCUT2D eigenvalue weighted by Crippen LogP contribution is -2.22. The second-order valence-electron chi connectivity index (χ2n) is 1.85. The molecule has 0 aliphatic carbocycles. The van der Waals surface area contributed by atoms with E-state index in [0.29, 0.717) is 6.08 Å². The predicted molar refractivity (Wildman–Crippen MR) is 30.5 cm³/mol. The molecular formula is C5H5BF4. The highest BCUT2D eigenvalue weighted by atomic mass is 19.4. The van der Waals surface area contributed by atoms with Crippen LogP contribution in [-0.2, 0) is 0 Å². The van der Waals surface area contributed by atoms with Gasteiger partial charge in [-0.1, -0.05) is 13.0 Å². The maximum atomic E-state index is 11.9. The Bertz CT molecular complexity index is 133. The fourth-order valence-electron chi connectivity index (χ4n) is 0.325. The summed E-state index contributed by atoms with van der Waals surface area (Å²) in [7, 11) is 4.81. The lowest BCUT2D eigenvalue weighted by atomic mass is 9.96. The summed E-state index contributed by atoms with van der Waals surface area (Å²) in [5.74, 6) is 0. The van der Waals surface area contributed by atoms with Crippen LogP contribution in [0.4, 0.5) is 17.6 Å². The zero-order chi connectivity index (χ0) is 8.36. The molecule has 1 unspecified atom stereocenters. The zero-order valence-corrected chi connectivity index (χ0v) is 5.24. The van der Waals surface area contributed by atoms with Crippen LogP contribution in [0.1, 0.15) is 6.92 Å². The van der Waals surface area contributed by atoms with E-state index in [9.17, 15) is 17.6 Å². The van der Waals surface area contributed by atoms with Gasteiger partial charge < -0.3 is 0 Å². The molecule has 0 amide bonds. The van der Waals surface area contributed by atoms with Crippen molar-refractivity contribution >= 4 is 7.85 Å². The highest BCUT2D eigenvalue weighted by molar-refractivity contribution is 6.21. The van der Waals surface area contributed by atoms with Gasteiger partial charge in [0, 0.05) is 0 Å². The Hall–Kier alpha value is -0.475. The van der Waals surface area contributed by atoms with E-state index < -0.39 is 12.3 Å². The maximum absolute atomic E-state index is 11.9. The third-order valence-electron chi connectivity index (χ3n) is 0.722. The van der Waals surface area contributed by atoms with E-state index in [-0.39, 0.29) is 5.47 Å². The zero-order valence-electron chi connectivity index (χ0n) is 5.24. The van der Waals surface area contributed by atoms with Gasteiger partial charge in [-0.25, -0.2) is 4.39 Å². The number of allylic oxidation sites excluding steroid dienone is 2. The summed E-state index contributed by atoms with van der Waals surface area (Å²) in [6.45, 7) is 1.19. The van der Waals surface area contributed by atoms with Crippen molar-refractivity contribution in [3.05, 3.63) is 11.5 Å². The van der Waals surface area contributed by atoms with Crippen molar-refractivity contribution in [2.75, 3.05) is 0 Å². The molecule has 10 heavy (non-hydrogen) atoms. The van der Waals surface area contributed by atoms with Gasteiger partial charge in [0.15, 0.2) is 0 Å². The fraction of sp³-hybridized carbons (Fsp3) is 0.600. The largest absolute Gasteiger partial charge is 0.423 e. The van der Waals surface area contributed by atoms with E-state index in [0.717, 1.165) is 0 Å². The van der Waals surface area contributed by atoms with Gasteiger partial charge in [-0.3, -0.25) is 0 Å². The number of alkyl halides is 4. The van der Waals surface area contributed by atoms with Gasteiger partial charge in [0.05, 0.1) is 0 Å². The first-order valence-corrected chi connectivity index (χ1v) is 2.48. The summed E-state index contributed by atoms with van der Waals surface area (Å²) in [4.78, 5) is 0. The SMILES string of the molecule is [B]C(C)=CC(F)C(F)(F)F. The van der Waals surface area contributed by atoms with E-state index in [1.165, 1.54) is 6.92 Å².